The highest BCUT2D eigenvalue weighted by Gasteiger charge is 2.13. The fraction of sp³-hybridized carbons (Fsp3) is 0.167. The van der Waals surface area contributed by atoms with Gasteiger partial charge in [0.1, 0.15) is 17.4 Å². The maximum absolute atomic E-state index is 12.1. The van der Waals surface area contributed by atoms with Crippen LogP contribution in [-0.4, -0.2) is 22.5 Å². The average Bonchev–Trinajstić information content (AvgIpc) is 3.12. The molecule has 0 saturated heterocycles. The molecule has 6 heteroatoms. The molecule has 2 aromatic heterocycles. The molecule has 0 fully saturated rings. The maximum Gasteiger partial charge on any atom is 0.358 e. The minimum Gasteiger partial charge on any atom is -0.494 e. The Balaban J connectivity index is 1.65. The molecule has 0 atom stereocenters. The van der Waals surface area contributed by atoms with Crippen molar-refractivity contribution in [3.8, 4) is 16.3 Å². The monoisotopic (exact) mass is 340 g/mol. The van der Waals surface area contributed by atoms with Crippen LogP contribution in [-0.2, 0) is 11.3 Å². The number of nitrogens with zero attached hydrogens (tertiary/aromatic N) is 2. The second-order valence-corrected chi connectivity index (χ2v) is 5.78. The van der Waals surface area contributed by atoms with Crippen molar-refractivity contribution in [2.75, 3.05) is 6.61 Å². The molecule has 2 heterocycles. The summed E-state index contributed by atoms with van der Waals surface area (Å²) in [6.45, 7) is 2.78. The van der Waals surface area contributed by atoms with Crippen molar-refractivity contribution in [1.29, 1.82) is 0 Å². The predicted molar refractivity (Wildman–Crippen MR) is 92.1 cm³/mol. The minimum absolute atomic E-state index is 0.206. The summed E-state index contributed by atoms with van der Waals surface area (Å²) in [6, 6.07) is 11.2. The standard InChI is InChI=1S/C18H16N2O3S/c1-2-22-15-5-3-14(4-6-15)17-20-16(12-24-17)18(21)23-11-13-7-9-19-10-8-13/h3-10,12H,2,11H2,1H3. The molecular formula is C18H16N2O3S. The number of thiazole rings is 1. The van der Waals surface area contributed by atoms with E-state index in [9.17, 15) is 4.79 Å². The molecule has 24 heavy (non-hydrogen) atoms. The summed E-state index contributed by atoms with van der Waals surface area (Å²) < 4.78 is 10.7. The van der Waals surface area contributed by atoms with Gasteiger partial charge in [0.25, 0.3) is 0 Å². The number of rotatable bonds is 6. The van der Waals surface area contributed by atoms with Gasteiger partial charge >= 0.3 is 5.97 Å². The van der Waals surface area contributed by atoms with Crippen LogP contribution in [0.25, 0.3) is 10.6 Å². The quantitative estimate of drug-likeness (QED) is 0.636. The van der Waals surface area contributed by atoms with Gasteiger partial charge in [0.15, 0.2) is 5.69 Å². The fourth-order valence-electron chi connectivity index (χ4n) is 2.06. The zero-order valence-corrected chi connectivity index (χ0v) is 14.0. The van der Waals surface area contributed by atoms with Crippen molar-refractivity contribution >= 4 is 17.3 Å². The van der Waals surface area contributed by atoms with Crippen LogP contribution >= 0.6 is 11.3 Å². The molecule has 0 N–H and O–H groups in total. The third-order valence-electron chi connectivity index (χ3n) is 3.24. The van der Waals surface area contributed by atoms with Crippen LogP contribution in [0, 0.1) is 0 Å². The summed E-state index contributed by atoms with van der Waals surface area (Å²) in [5, 5.41) is 2.48. The molecule has 0 aliphatic heterocycles. The lowest BCUT2D eigenvalue weighted by atomic mass is 10.2. The van der Waals surface area contributed by atoms with E-state index in [0.29, 0.717) is 12.3 Å². The van der Waals surface area contributed by atoms with Gasteiger partial charge in [-0.1, -0.05) is 0 Å². The van der Waals surface area contributed by atoms with E-state index in [4.69, 9.17) is 9.47 Å². The third-order valence-corrected chi connectivity index (χ3v) is 4.14. The van der Waals surface area contributed by atoms with E-state index in [1.807, 2.05) is 31.2 Å². The molecule has 0 aliphatic carbocycles. The molecule has 122 valence electrons. The molecule has 0 spiro atoms. The molecule has 0 radical (unpaired) electrons. The average molecular weight is 340 g/mol. The second kappa shape index (κ2) is 7.70. The van der Waals surface area contributed by atoms with E-state index in [-0.39, 0.29) is 6.61 Å². The Labute approximate surface area is 143 Å². The summed E-state index contributed by atoms with van der Waals surface area (Å²) in [6.07, 6.45) is 3.33. The lowest BCUT2D eigenvalue weighted by Gasteiger charge is -2.03. The largest absolute Gasteiger partial charge is 0.494 e. The van der Waals surface area contributed by atoms with Crippen molar-refractivity contribution < 1.29 is 14.3 Å². The summed E-state index contributed by atoms with van der Waals surface area (Å²) in [7, 11) is 0. The lowest BCUT2D eigenvalue weighted by molar-refractivity contribution is 0.0466. The van der Waals surface area contributed by atoms with Gasteiger partial charge in [0, 0.05) is 23.3 Å². The molecular weight excluding hydrogens is 324 g/mol. The Morgan fingerprint density at radius 3 is 2.58 bits per heavy atom. The van der Waals surface area contributed by atoms with Crippen molar-refractivity contribution in [2.45, 2.75) is 13.5 Å². The van der Waals surface area contributed by atoms with Crippen LogP contribution in [0.15, 0.2) is 54.2 Å². The van der Waals surface area contributed by atoms with Crippen LogP contribution in [0.3, 0.4) is 0 Å². The fourth-order valence-corrected chi connectivity index (χ4v) is 2.86. The topological polar surface area (TPSA) is 61.3 Å². The number of pyridine rings is 1. The van der Waals surface area contributed by atoms with Crippen molar-refractivity contribution in [3.05, 3.63) is 65.4 Å². The molecule has 0 unspecified atom stereocenters. The Bertz CT molecular complexity index is 801. The maximum atomic E-state index is 12.1. The van der Waals surface area contributed by atoms with Crippen LogP contribution in [0.5, 0.6) is 5.75 Å². The van der Waals surface area contributed by atoms with Gasteiger partial charge in [0.05, 0.1) is 6.61 Å². The SMILES string of the molecule is CCOc1ccc(-c2nc(C(=O)OCc3ccncc3)cs2)cc1. The Kier molecular flexibility index (Phi) is 5.18. The number of carbonyl (C=O) groups is 1. The van der Waals surface area contributed by atoms with Gasteiger partial charge in [0.2, 0.25) is 0 Å². The Morgan fingerprint density at radius 1 is 1.12 bits per heavy atom. The second-order valence-electron chi connectivity index (χ2n) is 4.93. The molecule has 3 rings (SSSR count). The minimum atomic E-state index is -0.430. The van der Waals surface area contributed by atoms with Crippen molar-refractivity contribution in [2.24, 2.45) is 0 Å². The Morgan fingerprint density at radius 2 is 1.88 bits per heavy atom. The third kappa shape index (κ3) is 3.97. The highest BCUT2D eigenvalue weighted by Crippen LogP contribution is 2.26. The first kappa shape index (κ1) is 16.1. The predicted octanol–water partition coefficient (Wildman–Crippen LogP) is 3.96. The first-order chi connectivity index (χ1) is 11.8. The van der Waals surface area contributed by atoms with E-state index in [1.54, 1.807) is 29.9 Å². The van der Waals surface area contributed by atoms with Gasteiger partial charge in [-0.25, -0.2) is 9.78 Å². The molecule has 0 aliphatic rings. The smallest absolute Gasteiger partial charge is 0.358 e. The number of esters is 1. The summed E-state index contributed by atoms with van der Waals surface area (Å²) in [5.74, 6) is 0.384. The lowest BCUT2D eigenvalue weighted by Crippen LogP contribution is -2.05. The number of hydrogen-bond acceptors (Lipinski definition) is 6. The van der Waals surface area contributed by atoms with Gasteiger partial charge in [-0.3, -0.25) is 4.98 Å². The molecule has 5 nitrogen and oxygen atoms in total. The van der Waals surface area contributed by atoms with Crippen LogP contribution in [0.4, 0.5) is 0 Å². The van der Waals surface area contributed by atoms with Crippen LogP contribution < -0.4 is 4.74 Å². The first-order valence-electron chi connectivity index (χ1n) is 7.51. The van der Waals surface area contributed by atoms with Crippen LogP contribution in [0.2, 0.25) is 0 Å². The molecule has 1 aromatic carbocycles. The normalized spacial score (nSPS) is 10.4. The highest BCUT2D eigenvalue weighted by molar-refractivity contribution is 7.13. The number of aromatic nitrogens is 2. The van der Waals surface area contributed by atoms with Gasteiger partial charge in [-0.15, -0.1) is 11.3 Å². The van der Waals surface area contributed by atoms with E-state index < -0.39 is 5.97 Å². The van der Waals surface area contributed by atoms with E-state index in [2.05, 4.69) is 9.97 Å². The summed E-state index contributed by atoms with van der Waals surface area (Å²) in [4.78, 5) is 20.4. The van der Waals surface area contributed by atoms with Crippen molar-refractivity contribution in [3.63, 3.8) is 0 Å². The molecule has 0 bridgehead atoms. The van der Waals surface area contributed by atoms with E-state index >= 15 is 0 Å². The Hall–Kier alpha value is -2.73. The number of ether oxygens (including phenoxy) is 2. The summed E-state index contributed by atoms with van der Waals surface area (Å²) >= 11 is 1.41. The van der Waals surface area contributed by atoms with Crippen molar-refractivity contribution in [1.82, 2.24) is 9.97 Å². The molecule has 0 saturated carbocycles. The summed E-state index contributed by atoms with van der Waals surface area (Å²) in [5.41, 5.74) is 2.15. The highest BCUT2D eigenvalue weighted by atomic mass is 32.1. The van der Waals surface area contributed by atoms with Gasteiger partial charge in [-0.2, -0.15) is 0 Å². The molecule has 3 aromatic rings. The first-order valence-corrected chi connectivity index (χ1v) is 8.39. The van der Waals surface area contributed by atoms with Gasteiger partial charge < -0.3 is 9.47 Å². The number of benzene rings is 1. The number of hydrogen-bond donors (Lipinski definition) is 0. The zero-order valence-electron chi connectivity index (χ0n) is 13.1. The molecule has 0 amide bonds. The van der Waals surface area contributed by atoms with Crippen LogP contribution in [0.1, 0.15) is 23.0 Å². The number of carbonyl (C=O) groups excluding carboxylic acids is 1. The van der Waals surface area contributed by atoms with E-state index in [1.165, 1.54) is 11.3 Å². The van der Waals surface area contributed by atoms with Gasteiger partial charge in [-0.05, 0) is 48.9 Å². The zero-order chi connectivity index (χ0) is 16.8. The van der Waals surface area contributed by atoms with E-state index in [0.717, 1.165) is 21.9 Å².